The van der Waals surface area contributed by atoms with E-state index in [4.69, 9.17) is 18.9 Å². The van der Waals surface area contributed by atoms with Gasteiger partial charge < -0.3 is 50.4 Å². The molecule has 3 rings (SSSR count). The van der Waals surface area contributed by atoms with Crippen LogP contribution in [0, 0.1) is 5.92 Å². The molecule has 0 aromatic heterocycles. The van der Waals surface area contributed by atoms with Crippen LogP contribution in [0.15, 0.2) is 60.7 Å². The summed E-state index contributed by atoms with van der Waals surface area (Å²) in [6, 6.07) is 15.1. The molecule has 1 fully saturated rings. The third-order valence-electron chi connectivity index (χ3n) is 11.8. The summed E-state index contributed by atoms with van der Waals surface area (Å²) in [5.74, 6) is -3.22. The summed E-state index contributed by atoms with van der Waals surface area (Å²) < 4.78 is 21.6. The largest absolute Gasteiger partial charge is 0.467 e. The molecule has 1 aliphatic heterocycles. The minimum Gasteiger partial charge on any atom is -0.467 e. The fourth-order valence-corrected chi connectivity index (χ4v) is 8.33. The molecule has 19 heteroatoms. The summed E-state index contributed by atoms with van der Waals surface area (Å²) in [6.45, 7) is 23.1. The van der Waals surface area contributed by atoms with Gasteiger partial charge in [-0.15, -0.1) is 0 Å². The molecular formula is C55H85N7O12. The van der Waals surface area contributed by atoms with Crippen LogP contribution < -0.4 is 26.6 Å². The van der Waals surface area contributed by atoms with E-state index in [1.807, 2.05) is 76.2 Å². The van der Waals surface area contributed by atoms with Crippen molar-refractivity contribution >= 4 is 47.9 Å². The SMILES string of the molecule is COC(=O)C1(NC(=O)OC(C)(C)C)CCN(C(=O)C(CCCCNC(=O)OC(C)(C)C)NC(=O)C(CC(C)C)NC(=O)C(Cc2ccccc2)NC(=O)CN(CC(C)(C)c2ccccc2)C(=O)OC(C)(C)C)CC1. The number of rotatable bonds is 22. The summed E-state index contributed by atoms with van der Waals surface area (Å²) in [7, 11) is 1.21. The minimum absolute atomic E-state index is 0.00793. The smallest absolute Gasteiger partial charge is 0.410 e. The van der Waals surface area contributed by atoms with Crippen molar-refractivity contribution in [3.8, 4) is 0 Å². The Hall–Kier alpha value is -6.40. The molecule has 0 bridgehead atoms. The molecule has 0 radical (unpaired) electrons. The molecule has 3 atom stereocenters. The minimum atomic E-state index is -1.48. The number of nitrogens with one attached hydrogen (secondary N) is 5. The van der Waals surface area contributed by atoms with E-state index in [1.54, 1.807) is 74.4 Å². The Kier molecular flexibility index (Phi) is 22.8. The monoisotopic (exact) mass is 1040 g/mol. The van der Waals surface area contributed by atoms with Gasteiger partial charge in [0.2, 0.25) is 23.6 Å². The van der Waals surface area contributed by atoms with E-state index >= 15 is 0 Å². The number of amides is 7. The van der Waals surface area contributed by atoms with Crippen molar-refractivity contribution < 1.29 is 57.3 Å². The third-order valence-corrected chi connectivity index (χ3v) is 11.8. The number of hydrogen-bond acceptors (Lipinski definition) is 12. The number of benzene rings is 2. The van der Waals surface area contributed by atoms with Gasteiger partial charge in [0.25, 0.3) is 0 Å². The molecule has 1 aliphatic rings. The normalized spacial score (nSPS) is 15.0. The second kappa shape index (κ2) is 27.2. The molecule has 74 heavy (non-hydrogen) atoms. The second-order valence-electron chi connectivity index (χ2n) is 23.1. The first kappa shape index (κ1) is 61.9. The number of hydrogen-bond donors (Lipinski definition) is 5. The fraction of sp³-hybridized carbons (Fsp3) is 0.636. The van der Waals surface area contributed by atoms with Gasteiger partial charge in [-0.3, -0.25) is 24.1 Å². The van der Waals surface area contributed by atoms with Crippen LogP contribution in [0.25, 0.3) is 0 Å². The highest BCUT2D eigenvalue weighted by atomic mass is 16.6. The van der Waals surface area contributed by atoms with Crippen molar-refractivity contribution in [1.29, 1.82) is 0 Å². The van der Waals surface area contributed by atoms with Crippen molar-refractivity contribution in [3.63, 3.8) is 0 Å². The Morgan fingerprint density at radius 2 is 1.19 bits per heavy atom. The average Bonchev–Trinajstić information content (AvgIpc) is 3.28. The maximum Gasteiger partial charge on any atom is 0.410 e. The zero-order valence-corrected chi connectivity index (χ0v) is 46.4. The molecule has 7 amide bonds. The van der Waals surface area contributed by atoms with E-state index in [0.29, 0.717) is 12.8 Å². The van der Waals surface area contributed by atoms with Gasteiger partial charge in [0.05, 0.1) is 7.11 Å². The van der Waals surface area contributed by atoms with Crippen LogP contribution in [0.2, 0.25) is 0 Å². The number of unbranched alkanes of at least 4 members (excludes halogenated alkanes) is 1. The quantitative estimate of drug-likeness (QED) is 0.0471. The van der Waals surface area contributed by atoms with Crippen molar-refractivity contribution in [2.45, 2.75) is 181 Å². The summed E-state index contributed by atoms with van der Waals surface area (Å²) in [5, 5.41) is 14.0. The number of carbonyl (C=O) groups excluding carboxylic acids is 8. The van der Waals surface area contributed by atoms with E-state index in [2.05, 4.69) is 26.6 Å². The Balaban J connectivity index is 1.91. The highest BCUT2D eigenvalue weighted by Crippen LogP contribution is 2.27. The van der Waals surface area contributed by atoms with E-state index in [-0.39, 0.29) is 64.2 Å². The maximum atomic E-state index is 14.5. The van der Waals surface area contributed by atoms with Gasteiger partial charge in [-0.25, -0.2) is 19.2 Å². The highest BCUT2D eigenvalue weighted by Gasteiger charge is 2.46. The van der Waals surface area contributed by atoms with Gasteiger partial charge in [-0.2, -0.15) is 0 Å². The second-order valence-corrected chi connectivity index (χ2v) is 23.1. The molecule has 412 valence electrons. The lowest BCUT2D eigenvalue weighted by atomic mass is 9.84. The number of ether oxygens (including phenoxy) is 4. The number of alkyl carbamates (subject to hydrolysis) is 2. The lowest BCUT2D eigenvalue weighted by Gasteiger charge is -2.41. The van der Waals surface area contributed by atoms with Crippen LogP contribution in [0.5, 0.6) is 0 Å². The first-order valence-corrected chi connectivity index (χ1v) is 25.6. The van der Waals surface area contributed by atoms with Crippen LogP contribution in [0.1, 0.15) is 140 Å². The number of nitrogens with zero attached hydrogens (tertiary/aromatic N) is 2. The molecule has 0 saturated carbocycles. The van der Waals surface area contributed by atoms with Crippen LogP contribution in [0.3, 0.4) is 0 Å². The molecule has 0 aliphatic carbocycles. The van der Waals surface area contributed by atoms with Crippen molar-refractivity contribution in [1.82, 2.24) is 36.4 Å². The van der Waals surface area contributed by atoms with Gasteiger partial charge >= 0.3 is 24.2 Å². The number of esters is 1. The van der Waals surface area contributed by atoms with Gasteiger partial charge in [-0.1, -0.05) is 88.4 Å². The Labute approximate surface area is 438 Å². The fourth-order valence-electron chi connectivity index (χ4n) is 8.33. The first-order chi connectivity index (χ1) is 34.3. The molecule has 2 aromatic rings. The summed E-state index contributed by atoms with van der Waals surface area (Å²) in [6.07, 6.45) is -0.995. The van der Waals surface area contributed by atoms with Gasteiger partial charge in [-0.05, 0) is 118 Å². The standard InChI is InChI=1S/C55H85N7O12/c1-37(2)33-41(59-45(65)42(34-38-23-17-15-18-24-38)57-43(63)35-62(50(70)74-53(9,10)11)36-54(12,13)39-25-19-16-20-26-39)44(64)58-40(27-21-22-30-56-48(68)72-51(3,4)5)46(66)61-31-28-55(29-32-61,47(67)71-14)60-49(69)73-52(6,7)8/h15-20,23-26,37,40-42H,21-22,27-36H2,1-14H3,(H,56,68)(H,57,63)(H,58,64)(H,59,65)(H,60,69). The number of carbonyl (C=O) groups is 8. The molecule has 0 spiro atoms. The summed E-state index contributed by atoms with van der Waals surface area (Å²) in [4.78, 5) is 113. The molecule has 3 unspecified atom stereocenters. The van der Waals surface area contributed by atoms with Crippen molar-refractivity contribution in [2.75, 3.05) is 39.8 Å². The first-order valence-electron chi connectivity index (χ1n) is 25.6. The Morgan fingerprint density at radius 3 is 1.73 bits per heavy atom. The predicted molar refractivity (Wildman–Crippen MR) is 281 cm³/mol. The Morgan fingerprint density at radius 1 is 0.662 bits per heavy atom. The van der Waals surface area contributed by atoms with Gasteiger partial charge in [0.15, 0.2) is 0 Å². The zero-order chi connectivity index (χ0) is 55.7. The Bertz CT molecular complexity index is 2190. The van der Waals surface area contributed by atoms with Crippen molar-refractivity contribution in [3.05, 3.63) is 71.8 Å². The van der Waals surface area contributed by atoms with Gasteiger partial charge in [0, 0.05) is 38.0 Å². The molecule has 5 N–H and O–H groups in total. The van der Waals surface area contributed by atoms with Crippen LogP contribution >= 0.6 is 0 Å². The maximum absolute atomic E-state index is 14.5. The van der Waals surface area contributed by atoms with E-state index in [1.165, 1.54) is 16.9 Å². The lowest BCUT2D eigenvalue weighted by molar-refractivity contribution is -0.153. The number of methoxy groups -OCH3 is 1. The topological polar surface area (TPSA) is 240 Å². The summed E-state index contributed by atoms with van der Waals surface area (Å²) >= 11 is 0. The summed E-state index contributed by atoms with van der Waals surface area (Å²) in [5.41, 5.74) is -2.84. The molecule has 1 heterocycles. The van der Waals surface area contributed by atoms with E-state index in [0.717, 1.165) is 11.1 Å². The molecule has 19 nitrogen and oxygen atoms in total. The molecule has 1 saturated heterocycles. The van der Waals surface area contributed by atoms with Crippen LogP contribution in [0.4, 0.5) is 14.4 Å². The zero-order valence-electron chi connectivity index (χ0n) is 46.4. The highest BCUT2D eigenvalue weighted by molar-refractivity contribution is 5.95. The third kappa shape index (κ3) is 21.6. The number of likely N-dealkylation sites (tertiary alicyclic amines) is 1. The van der Waals surface area contributed by atoms with E-state index in [9.17, 15) is 38.4 Å². The van der Waals surface area contributed by atoms with Gasteiger partial charge in [0.1, 0.15) is 47.0 Å². The van der Waals surface area contributed by atoms with Crippen LogP contribution in [-0.4, -0.2) is 138 Å². The number of piperidine rings is 1. The average molecular weight is 1040 g/mol. The van der Waals surface area contributed by atoms with Crippen LogP contribution in [-0.2, 0) is 54.8 Å². The molecule has 2 aromatic carbocycles. The molecular weight excluding hydrogens is 951 g/mol. The predicted octanol–water partition coefficient (Wildman–Crippen LogP) is 6.70. The van der Waals surface area contributed by atoms with Crippen molar-refractivity contribution in [2.24, 2.45) is 5.92 Å². The lowest BCUT2D eigenvalue weighted by Crippen LogP contribution is -2.63. The van der Waals surface area contributed by atoms with E-state index < -0.39 is 100 Å².